The number of ether oxygens (including phenoxy) is 3. The molecule has 1 aliphatic heterocycles. The molecule has 5 nitrogen and oxygen atoms in total. The summed E-state index contributed by atoms with van der Waals surface area (Å²) in [7, 11) is 1.38. The minimum Gasteiger partial charge on any atom is -0.486 e. The molecule has 0 saturated carbocycles. The van der Waals surface area contributed by atoms with Crippen LogP contribution in [0.25, 0.3) is 0 Å². The molecule has 21 heavy (non-hydrogen) atoms. The number of aromatic nitrogens is 2. The standard InChI is InChI=1S/C15H15FN2O3/c1-19-15-11(16)8-17-14(18-15)7-6-10-9-20-12-4-2-3-5-13(12)21-10/h2-5,8,10H,6-7,9H2,1H3/t10-/m1/s1. The fourth-order valence-corrected chi connectivity index (χ4v) is 2.14. The van der Waals surface area contributed by atoms with Crippen LogP contribution in [0.2, 0.25) is 0 Å². The van der Waals surface area contributed by atoms with Crippen molar-refractivity contribution in [1.82, 2.24) is 9.97 Å². The second kappa shape index (κ2) is 5.95. The van der Waals surface area contributed by atoms with Crippen molar-refractivity contribution in [2.75, 3.05) is 13.7 Å². The third-order valence-electron chi connectivity index (χ3n) is 3.21. The van der Waals surface area contributed by atoms with E-state index in [2.05, 4.69) is 9.97 Å². The van der Waals surface area contributed by atoms with Crippen molar-refractivity contribution in [3.63, 3.8) is 0 Å². The van der Waals surface area contributed by atoms with Gasteiger partial charge in [-0.3, -0.25) is 0 Å². The smallest absolute Gasteiger partial charge is 0.253 e. The normalized spacial score (nSPS) is 16.6. The second-order valence-electron chi connectivity index (χ2n) is 4.68. The SMILES string of the molecule is COc1nc(CC[C@@H]2COc3ccccc3O2)ncc1F. The largest absolute Gasteiger partial charge is 0.486 e. The van der Waals surface area contributed by atoms with Crippen molar-refractivity contribution in [2.45, 2.75) is 18.9 Å². The van der Waals surface area contributed by atoms with Crippen molar-refractivity contribution in [1.29, 1.82) is 0 Å². The Labute approximate surface area is 121 Å². The maximum absolute atomic E-state index is 13.2. The van der Waals surface area contributed by atoms with Crippen LogP contribution in [-0.2, 0) is 6.42 Å². The van der Waals surface area contributed by atoms with E-state index in [9.17, 15) is 4.39 Å². The molecule has 110 valence electrons. The lowest BCUT2D eigenvalue weighted by molar-refractivity contribution is 0.0847. The van der Waals surface area contributed by atoms with Crippen LogP contribution in [0.5, 0.6) is 17.4 Å². The van der Waals surface area contributed by atoms with Crippen molar-refractivity contribution in [2.24, 2.45) is 0 Å². The number of methoxy groups -OCH3 is 1. The Hall–Kier alpha value is -2.37. The van der Waals surface area contributed by atoms with E-state index in [0.29, 0.717) is 25.3 Å². The molecule has 0 aliphatic carbocycles. The van der Waals surface area contributed by atoms with Gasteiger partial charge in [0.15, 0.2) is 11.5 Å². The van der Waals surface area contributed by atoms with E-state index < -0.39 is 5.82 Å². The van der Waals surface area contributed by atoms with E-state index >= 15 is 0 Å². The molecule has 2 aromatic rings. The number of halogens is 1. The molecule has 0 saturated heterocycles. The monoisotopic (exact) mass is 290 g/mol. The fraction of sp³-hybridized carbons (Fsp3) is 0.333. The van der Waals surface area contributed by atoms with Gasteiger partial charge in [-0.1, -0.05) is 12.1 Å². The highest BCUT2D eigenvalue weighted by atomic mass is 19.1. The van der Waals surface area contributed by atoms with Crippen LogP contribution in [0, 0.1) is 5.82 Å². The van der Waals surface area contributed by atoms with Crippen molar-refractivity contribution < 1.29 is 18.6 Å². The molecule has 0 N–H and O–H groups in total. The Bertz CT molecular complexity index is 636. The van der Waals surface area contributed by atoms with Crippen LogP contribution in [0.4, 0.5) is 4.39 Å². The first-order valence-electron chi connectivity index (χ1n) is 6.70. The van der Waals surface area contributed by atoms with E-state index in [0.717, 1.165) is 17.7 Å². The molecule has 0 fully saturated rings. The van der Waals surface area contributed by atoms with Gasteiger partial charge in [0, 0.05) is 6.42 Å². The molecule has 0 unspecified atom stereocenters. The Morgan fingerprint density at radius 1 is 1.33 bits per heavy atom. The van der Waals surface area contributed by atoms with E-state index in [1.807, 2.05) is 24.3 Å². The van der Waals surface area contributed by atoms with Crippen LogP contribution < -0.4 is 14.2 Å². The van der Waals surface area contributed by atoms with Gasteiger partial charge in [0.1, 0.15) is 18.5 Å². The molecule has 1 aromatic carbocycles. The van der Waals surface area contributed by atoms with Crippen molar-refractivity contribution >= 4 is 0 Å². The van der Waals surface area contributed by atoms with Crippen LogP contribution in [0.3, 0.4) is 0 Å². The Kier molecular flexibility index (Phi) is 3.85. The van der Waals surface area contributed by atoms with Crippen LogP contribution in [0.1, 0.15) is 12.2 Å². The predicted molar refractivity (Wildman–Crippen MR) is 73.2 cm³/mol. The number of rotatable bonds is 4. The average molecular weight is 290 g/mol. The third kappa shape index (κ3) is 3.04. The van der Waals surface area contributed by atoms with Crippen molar-refractivity contribution in [3.8, 4) is 17.4 Å². The predicted octanol–water partition coefficient (Wildman–Crippen LogP) is 2.40. The summed E-state index contributed by atoms with van der Waals surface area (Å²) in [6, 6.07) is 7.55. The van der Waals surface area contributed by atoms with Gasteiger partial charge in [-0.25, -0.2) is 4.98 Å². The van der Waals surface area contributed by atoms with Crippen LogP contribution >= 0.6 is 0 Å². The van der Waals surface area contributed by atoms with E-state index in [4.69, 9.17) is 14.2 Å². The Balaban J connectivity index is 1.61. The van der Waals surface area contributed by atoms with Gasteiger partial charge in [-0.15, -0.1) is 0 Å². The summed E-state index contributed by atoms with van der Waals surface area (Å²) in [5.41, 5.74) is 0. The highest BCUT2D eigenvalue weighted by Crippen LogP contribution is 2.31. The number of para-hydroxylation sites is 2. The Morgan fingerprint density at radius 3 is 2.95 bits per heavy atom. The van der Waals surface area contributed by atoms with Gasteiger partial charge in [-0.05, 0) is 18.6 Å². The molecule has 0 radical (unpaired) electrons. The van der Waals surface area contributed by atoms with Crippen LogP contribution in [0.15, 0.2) is 30.5 Å². The first-order valence-corrected chi connectivity index (χ1v) is 6.70. The maximum Gasteiger partial charge on any atom is 0.253 e. The number of fused-ring (bicyclic) bond motifs is 1. The molecule has 0 amide bonds. The highest BCUT2D eigenvalue weighted by molar-refractivity contribution is 5.40. The topological polar surface area (TPSA) is 53.5 Å². The molecule has 0 bridgehead atoms. The maximum atomic E-state index is 13.2. The lowest BCUT2D eigenvalue weighted by Gasteiger charge is -2.26. The molecule has 1 aliphatic rings. The van der Waals surface area contributed by atoms with E-state index in [-0.39, 0.29) is 12.0 Å². The first kappa shape index (κ1) is 13.6. The number of aryl methyl sites for hydroxylation is 1. The van der Waals surface area contributed by atoms with Crippen molar-refractivity contribution in [3.05, 3.63) is 42.1 Å². The molecular weight excluding hydrogens is 275 g/mol. The summed E-state index contributed by atoms with van der Waals surface area (Å²) < 4.78 is 29.6. The van der Waals surface area contributed by atoms with Gasteiger partial charge in [0.25, 0.3) is 5.88 Å². The number of nitrogens with zero attached hydrogens (tertiary/aromatic N) is 2. The minimum absolute atomic E-state index is 0.0360. The summed E-state index contributed by atoms with van der Waals surface area (Å²) in [4.78, 5) is 7.97. The number of hydrogen-bond acceptors (Lipinski definition) is 5. The lowest BCUT2D eigenvalue weighted by atomic mass is 10.1. The summed E-state index contributed by atoms with van der Waals surface area (Å²) >= 11 is 0. The van der Waals surface area contributed by atoms with Gasteiger partial charge < -0.3 is 14.2 Å². The lowest BCUT2D eigenvalue weighted by Crippen LogP contribution is -2.29. The highest BCUT2D eigenvalue weighted by Gasteiger charge is 2.21. The average Bonchev–Trinajstić information content (AvgIpc) is 2.54. The Morgan fingerprint density at radius 2 is 2.14 bits per heavy atom. The third-order valence-corrected chi connectivity index (χ3v) is 3.21. The quantitative estimate of drug-likeness (QED) is 0.865. The molecular formula is C15H15FN2O3. The summed E-state index contributed by atoms with van der Waals surface area (Å²) in [6.45, 7) is 0.481. The zero-order chi connectivity index (χ0) is 14.7. The number of hydrogen-bond donors (Lipinski definition) is 0. The summed E-state index contributed by atoms with van der Waals surface area (Å²) in [5, 5.41) is 0. The summed E-state index contributed by atoms with van der Waals surface area (Å²) in [5.74, 6) is 1.43. The minimum atomic E-state index is -0.563. The van der Waals surface area contributed by atoms with Gasteiger partial charge in [0.05, 0.1) is 13.3 Å². The van der Waals surface area contributed by atoms with E-state index in [1.54, 1.807) is 0 Å². The van der Waals surface area contributed by atoms with Gasteiger partial charge in [0.2, 0.25) is 5.82 Å². The number of benzene rings is 1. The molecule has 2 heterocycles. The zero-order valence-electron chi connectivity index (χ0n) is 11.6. The van der Waals surface area contributed by atoms with E-state index in [1.165, 1.54) is 7.11 Å². The fourth-order valence-electron chi connectivity index (χ4n) is 2.14. The molecule has 6 heteroatoms. The first-order chi connectivity index (χ1) is 10.3. The molecule has 0 spiro atoms. The molecule has 1 aromatic heterocycles. The zero-order valence-corrected chi connectivity index (χ0v) is 11.6. The van der Waals surface area contributed by atoms with Crippen LogP contribution in [-0.4, -0.2) is 29.8 Å². The molecule has 1 atom stereocenters. The summed E-state index contributed by atoms with van der Waals surface area (Å²) in [6.07, 6.45) is 2.30. The second-order valence-corrected chi connectivity index (χ2v) is 4.68. The van der Waals surface area contributed by atoms with Gasteiger partial charge in [-0.2, -0.15) is 9.37 Å². The van der Waals surface area contributed by atoms with Gasteiger partial charge >= 0.3 is 0 Å². The molecule has 3 rings (SSSR count).